The van der Waals surface area contributed by atoms with E-state index in [2.05, 4.69) is 40.0 Å². The fourth-order valence-corrected chi connectivity index (χ4v) is 5.43. The molecule has 2 aliphatic carbocycles. The summed E-state index contributed by atoms with van der Waals surface area (Å²) in [6.45, 7) is 2.12. The van der Waals surface area contributed by atoms with E-state index in [-0.39, 0.29) is 11.9 Å². The first kappa shape index (κ1) is 25.2. The number of aromatic nitrogens is 3. The van der Waals surface area contributed by atoms with Crippen molar-refractivity contribution < 1.29 is 9.13 Å². The largest absolute Gasteiger partial charge is 0.381 e. The van der Waals surface area contributed by atoms with Crippen molar-refractivity contribution in [3.05, 3.63) is 95.9 Å². The van der Waals surface area contributed by atoms with Gasteiger partial charge in [-0.3, -0.25) is 9.98 Å². The highest BCUT2D eigenvalue weighted by atomic mass is 19.1. The molecule has 3 aromatic rings. The molecule has 0 atom stereocenters. The average Bonchev–Trinajstić information content (AvgIpc) is 2.97. The zero-order chi connectivity index (χ0) is 26.8. The topological polar surface area (TPSA) is 64.3 Å². The maximum absolute atomic E-state index is 13.9. The summed E-state index contributed by atoms with van der Waals surface area (Å²) in [4.78, 5) is 14.7. The Bertz CT molecular complexity index is 1640. The van der Waals surface area contributed by atoms with Crippen molar-refractivity contribution in [1.82, 2.24) is 14.5 Å². The van der Waals surface area contributed by atoms with Crippen molar-refractivity contribution in [2.24, 2.45) is 4.99 Å². The normalized spacial score (nSPS) is 18.1. The van der Waals surface area contributed by atoms with Crippen LogP contribution in [0, 0.1) is 5.82 Å². The number of nitrogens with zero attached hydrogens (tertiary/aromatic N) is 4. The Morgan fingerprint density at radius 1 is 1.00 bits per heavy atom. The van der Waals surface area contributed by atoms with Crippen molar-refractivity contribution in [3.8, 4) is 17.1 Å². The van der Waals surface area contributed by atoms with Crippen LogP contribution < -0.4 is 10.7 Å². The van der Waals surface area contributed by atoms with E-state index in [9.17, 15) is 4.39 Å². The molecule has 6 nitrogen and oxygen atoms in total. The van der Waals surface area contributed by atoms with Crippen LogP contribution >= 0.6 is 0 Å². The molecular formula is C32H32FN5O. The summed E-state index contributed by atoms with van der Waals surface area (Å²) in [5, 5.41) is 4.46. The van der Waals surface area contributed by atoms with Crippen molar-refractivity contribution in [3.63, 3.8) is 0 Å². The number of anilines is 2. The number of para-hydroxylation sites is 2. The second-order valence-corrected chi connectivity index (χ2v) is 10.1. The van der Waals surface area contributed by atoms with Gasteiger partial charge < -0.3 is 14.6 Å². The summed E-state index contributed by atoms with van der Waals surface area (Å²) in [5.41, 5.74) is 7.38. The molecule has 7 heteroatoms. The summed E-state index contributed by atoms with van der Waals surface area (Å²) < 4.78 is 21.6. The van der Waals surface area contributed by atoms with E-state index >= 15 is 0 Å². The summed E-state index contributed by atoms with van der Waals surface area (Å²) in [7, 11) is 1.79. The van der Waals surface area contributed by atoms with Gasteiger partial charge in [-0.1, -0.05) is 19.1 Å². The summed E-state index contributed by atoms with van der Waals surface area (Å²) in [6, 6.07) is 21.1. The summed E-state index contributed by atoms with van der Waals surface area (Å²) in [5.74, 6) is -0.265. The van der Waals surface area contributed by atoms with Gasteiger partial charge in [0, 0.05) is 19.0 Å². The fourth-order valence-electron chi connectivity index (χ4n) is 5.43. The minimum atomic E-state index is -0.265. The number of hydrogen-bond acceptors (Lipinski definition) is 5. The van der Waals surface area contributed by atoms with Gasteiger partial charge in [0.15, 0.2) is 0 Å². The molecular weight excluding hydrogens is 489 g/mol. The van der Waals surface area contributed by atoms with Crippen molar-refractivity contribution >= 4 is 22.4 Å². The molecule has 0 amide bonds. The lowest BCUT2D eigenvalue weighted by Gasteiger charge is -2.25. The van der Waals surface area contributed by atoms with Gasteiger partial charge in [-0.2, -0.15) is 0 Å². The van der Waals surface area contributed by atoms with Gasteiger partial charge in [-0.15, -0.1) is 0 Å². The number of aryl methyl sites for hydroxylation is 1. The molecule has 0 saturated heterocycles. The molecule has 39 heavy (non-hydrogen) atoms. The standard InChI is InChI=1S/C32H32FN5O/c1-3-21-16-24(20-34-19-21)36-28-17-30-32(18-29(28)35-23-10-14-26(39-2)15-11-23)38(25-12-8-22(33)9-13-25)31-7-5-4-6-27(31)37-30/h4-9,12-13,16-20,23,26,36H,3,10-11,14-15H2,1-2H3. The van der Waals surface area contributed by atoms with E-state index in [0.29, 0.717) is 6.10 Å². The number of rotatable bonds is 6. The Morgan fingerprint density at radius 2 is 1.79 bits per heavy atom. The first-order chi connectivity index (χ1) is 19.1. The van der Waals surface area contributed by atoms with Gasteiger partial charge in [0.05, 0.1) is 57.5 Å². The summed E-state index contributed by atoms with van der Waals surface area (Å²) in [6.07, 6.45) is 8.92. The van der Waals surface area contributed by atoms with E-state index in [1.165, 1.54) is 12.1 Å². The highest BCUT2D eigenvalue weighted by molar-refractivity contribution is 5.84. The number of nitrogens with one attached hydrogen (secondary N) is 1. The predicted molar refractivity (Wildman–Crippen MR) is 153 cm³/mol. The van der Waals surface area contributed by atoms with Crippen LogP contribution in [0.25, 0.3) is 28.1 Å². The third-order valence-electron chi connectivity index (χ3n) is 7.56. The molecule has 0 bridgehead atoms. The Kier molecular flexibility index (Phi) is 7.07. The number of hydrogen-bond donors (Lipinski definition) is 1. The second-order valence-electron chi connectivity index (χ2n) is 10.1. The van der Waals surface area contributed by atoms with Crippen molar-refractivity contribution in [1.29, 1.82) is 0 Å². The van der Waals surface area contributed by atoms with Crippen LogP contribution in [0.1, 0.15) is 38.2 Å². The molecule has 0 spiro atoms. The van der Waals surface area contributed by atoms with Crippen LogP contribution in [0.5, 0.6) is 0 Å². The monoisotopic (exact) mass is 521 g/mol. The Labute approximate surface area is 227 Å². The number of fused-ring (bicyclic) bond motifs is 2. The molecule has 0 unspecified atom stereocenters. The smallest absolute Gasteiger partial charge is 0.123 e. The molecule has 1 fully saturated rings. The second kappa shape index (κ2) is 10.9. The first-order valence-electron chi connectivity index (χ1n) is 13.6. The van der Waals surface area contributed by atoms with Gasteiger partial charge in [0.2, 0.25) is 0 Å². The molecule has 2 aromatic carbocycles. The number of halogens is 1. The molecule has 1 saturated carbocycles. The molecule has 1 aliphatic heterocycles. The lowest BCUT2D eigenvalue weighted by atomic mass is 9.93. The van der Waals surface area contributed by atoms with Crippen LogP contribution in [0.2, 0.25) is 0 Å². The molecule has 2 heterocycles. The molecule has 6 rings (SSSR count). The molecule has 1 N–H and O–H groups in total. The maximum atomic E-state index is 13.9. The SMILES string of the molecule is CCc1cncc(Nc2cc3nc4ccccc4n(-c4ccc(F)cc4)c-3cc2=NC2CCC(OC)CC2)c1. The number of ether oxygens (including phenoxy) is 1. The lowest BCUT2D eigenvalue weighted by molar-refractivity contribution is 0.0663. The van der Waals surface area contributed by atoms with Crippen molar-refractivity contribution in [2.75, 3.05) is 12.4 Å². The third kappa shape index (κ3) is 5.27. The highest BCUT2D eigenvalue weighted by Gasteiger charge is 2.21. The average molecular weight is 522 g/mol. The number of pyridine rings is 1. The van der Waals surface area contributed by atoms with Gasteiger partial charge >= 0.3 is 0 Å². The van der Waals surface area contributed by atoms with E-state index in [1.54, 1.807) is 19.2 Å². The van der Waals surface area contributed by atoms with Gasteiger partial charge in [-0.05, 0) is 92.3 Å². The highest BCUT2D eigenvalue weighted by Crippen LogP contribution is 2.31. The minimum absolute atomic E-state index is 0.210. The van der Waals surface area contributed by atoms with E-state index < -0.39 is 0 Å². The first-order valence-corrected chi connectivity index (χ1v) is 13.6. The molecule has 198 valence electrons. The van der Waals surface area contributed by atoms with E-state index in [1.807, 2.05) is 36.7 Å². The van der Waals surface area contributed by atoms with Gasteiger partial charge in [0.25, 0.3) is 0 Å². The van der Waals surface area contributed by atoms with Crippen molar-refractivity contribution in [2.45, 2.75) is 51.2 Å². The van der Waals surface area contributed by atoms with Crippen LogP contribution in [-0.4, -0.2) is 33.8 Å². The van der Waals surface area contributed by atoms with Crippen LogP contribution in [0.15, 0.2) is 84.1 Å². The van der Waals surface area contributed by atoms with Gasteiger partial charge in [0.1, 0.15) is 5.82 Å². The third-order valence-corrected chi connectivity index (χ3v) is 7.56. The molecule has 3 aliphatic rings. The Hall–Kier alpha value is -4.10. The Morgan fingerprint density at radius 3 is 2.56 bits per heavy atom. The molecule has 0 radical (unpaired) electrons. The molecule has 1 aromatic heterocycles. The number of methoxy groups -OCH3 is 1. The lowest BCUT2D eigenvalue weighted by Crippen LogP contribution is -2.25. The zero-order valence-corrected chi connectivity index (χ0v) is 22.3. The maximum Gasteiger partial charge on any atom is 0.123 e. The summed E-state index contributed by atoms with van der Waals surface area (Å²) >= 11 is 0. The fraction of sp³-hybridized carbons (Fsp3) is 0.281. The van der Waals surface area contributed by atoms with Gasteiger partial charge in [-0.25, -0.2) is 9.37 Å². The van der Waals surface area contributed by atoms with Crippen LogP contribution in [0.4, 0.5) is 15.8 Å². The number of benzene rings is 3. The minimum Gasteiger partial charge on any atom is -0.381 e. The van der Waals surface area contributed by atoms with Crippen LogP contribution in [0.3, 0.4) is 0 Å². The van der Waals surface area contributed by atoms with E-state index in [0.717, 1.165) is 82.5 Å². The quantitative estimate of drug-likeness (QED) is 0.249. The van der Waals surface area contributed by atoms with Crippen LogP contribution in [-0.2, 0) is 11.2 Å². The van der Waals surface area contributed by atoms with E-state index in [4.69, 9.17) is 14.7 Å². The zero-order valence-electron chi connectivity index (χ0n) is 22.3. The predicted octanol–water partition coefficient (Wildman–Crippen LogP) is 6.83. The Balaban J connectivity index is 1.56.